The molecule has 1 aromatic heterocycles. The molecule has 0 aliphatic carbocycles. The van der Waals surface area contributed by atoms with Gasteiger partial charge in [0.1, 0.15) is 0 Å². The Balaban J connectivity index is 3.15. The van der Waals surface area contributed by atoms with Crippen LogP contribution in [0.5, 0.6) is 5.88 Å². The van der Waals surface area contributed by atoms with Crippen LogP contribution in [0.3, 0.4) is 0 Å². The molecule has 3 heteroatoms. The van der Waals surface area contributed by atoms with Gasteiger partial charge in [-0.25, -0.2) is 4.98 Å². The minimum Gasteiger partial charge on any atom is -0.481 e. The Morgan fingerprint density at radius 1 is 1.43 bits per heavy atom. The fourth-order valence-electron chi connectivity index (χ4n) is 1.21. The number of aromatic nitrogens is 1. The lowest BCUT2D eigenvalue weighted by Crippen LogP contribution is -2.19. The number of ether oxygens (including phenoxy) is 1. The third-order valence-electron chi connectivity index (χ3n) is 2.25. The lowest BCUT2D eigenvalue weighted by Gasteiger charge is -2.22. The molecule has 1 rings (SSSR count). The monoisotopic (exact) mass is 257 g/mol. The zero-order valence-corrected chi connectivity index (χ0v) is 10.7. The summed E-state index contributed by atoms with van der Waals surface area (Å²) < 4.78 is 5.15. The van der Waals surface area contributed by atoms with Crippen molar-refractivity contribution < 1.29 is 4.74 Å². The molecule has 0 fully saturated rings. The quantitative estimate of drug-likeness (QED) is 0.777. The lowest BCUT2D eigenvalue weighted by atomic mass is 9.87. The predicted octanol–water partition coefficient (Wildman–Crippen LogP) is 3.07. The molecule has 0 spiro atoms. The third-order valence-corrected chi connectivity index (χ3v) is 3.66. The van der Waals surface area contributed by atoms with E-state index in [1.807, 2.05) is 13.0 Å². The van der Waals surface area contributed by atoms with E-state index in [4.69, 9.17) is 4.74 Å². The Bertz CT molecular complexity index is 323. The smallest absolute Gasteiger partial charge is 0.213 e. The van der Waals surface area contributed by atoms with Crippen LogP contribution < -0.4 is 4.74 Å². The van der Waals surface area contributed by atoms with Gasteiger partial charge in [-0.05, 0) is 24.0 Å². The molecule has 1 aromatic rings. The van der Waals surface area contributed by atoms with Crippen molar-refractivity contribution >= 4 is 15.9 Å². The van der Waals surface area contributed by atoms with E-state index in [2.05, 4.69) is 40.8 Å². The summed E-state index contributed by atoms with van der Waals surface area (Å²) in [4.78, 5) is 4.26. The van der Waals surface area contributed by atoms with Crippen molar-refractivity contribution in [3.05, 3.63) is 23.4 Å². The molecule has 0 N–H and O–H groups in total. The Morgan fingerprint density at radius 3 is 2.57 bits per heavy atom. The fraction of sp³-hybridized carbons (Fsp3) is 0.545. The fourth-order valence-corrected chi connectivity index (χ4v) is 1.53. The van der Waals surface area contributed by atoms with Crippen LogP contribution >= 0.6 is 15.9 Å². The first-order valence-electron chi connectivity index (χ1n) is 4.59. The van der Waals surface area contributed by atoms with E-state index in [1.54, 1.807) is 7.11 Å². The van der Waals surface area contributed by atoms with Crippen molar-refractivity contribution in [2.45, 2.75) is 26.2 Å². The van der Waals surface area contributed by atoms with Gasteiger partial charge in [0.2, 0.25) is 5.88 Å². The molecular formula is C11H16BrNO. The van der Waals surface area contributed by atoms with E-state index >= 15 is 0 Å². The number of nitrogens with zero attached hydrogens (tertiary/aromatic N) is 1. The van der Waals surface area contributed by atoms with Crippen LogP contribution in [-0.2, 0) is 5.41 Å². The molecule has 0 aromatic carbocycles. The van der Waals surface area contributed by atoms with Crippen molar-refractivity contribution in [1.29, 1.82) is 0 Å². The molecule has 0 amide bonds. The lowest BCUT2D eigenvalue weighted by molar-refractivity contribution is 0.394. The van der Waals surface area contributed by atoms with Crippen LogP contribution in [0, 0.1) is 6.92 Å². The molecule has 14 heavy (non-hydrogen) atoms. The van der Waals surface area contributed by atoms with Crippen molar-refractivity contribution in [1.82, 2.24) is 4.98 Å². The van der Waals surface area contributed by atoms with Crippen LogP contribution in [-0.4, -0.2) is 17.4 Å². The average molecular weight is 258 g/mol. The number of halogens is 1. The average Bonchev–Trinajstić information content (AvgIpc) is 2.16. The van der Waals surface area contributed by atoms with Crippen molar-refractivity contribution in [3.63, 3.8) is 0 Å². The largest absolute Gasteiger partial charge is 0.481 e. The summed E-state index contributed by atoms with van der Waals surface area (Å²) in [5.74, 6) is 0.689. The number of alkyl halides is 1. The number of aryl methyl sites for hydroxylation is 1. The molecule has 0 bridgehead atoms. The van der Waals surface area contributed by atoms with E-state index in [1.165, 1.54) is 5.56 Å². The number of hydrogen-bond acceptors (Lipinski definition) is 2. The topological polar surface area (TPSA) is 22.1 Å². The Hall–Kier alpha value is -0.570. The van der Waals surface area contributed by atoms with Gasteiger partial charge in [0, 0.05) is 17.1 Å². The molecule has 0 atom stereocenters. The van der Waals surface area contributed by atoms with Gasteiger partial charge in [0.05, 0.1) is 7.11 Å². The maximum absolute atomic E-state index is 5.15. The standard InChI is InChI=1S/C11H16BrNO/c1-8-5-9(11(2,3)7-12)6-10(13-8)14-4/h5-6H,7H2,1-4H3. The minimum atomic E-state index is 0.112. The Kier molecular flexibility index (Phi) is 3.53. The molecule has 1 heterocycles. The van der Waals surface area contributed by atoms with Crippen LogP contribution in [0.2, 0.25) is 0 Å². The van der Waals surface area contributed by atoms with Gasteiger partial charge in [-0.3, -0.25) is 0 Å². The SMILES string of the molecule is COc1cc(C(C)(C)CBr)cc(C)n1. The first-order valence-corrected chi connectivity index (χ1v) is 5.71. The minimum absolute atomic E-state index is 0.112. The molecular weight excluding hydrogens is 242 g/mol. The summed E-state index contributed by atoms with van der Waals surface area (Å²) in [6, 6.07) is 4.10. The van der Waals surface area contributed by atoms with Crippen LogP contribution in [0.4, 0.5) is 0 Å². The highest BCUT2D eigenvalue weighted by Crippen LogP contribution is 2.27. The van der Waals surface area contributed by atoms with Crippen molar-refractivity contribution in [2.75, 3.05) is 12.4 Å². The molecule has 78 valence electrons. The summed E-state index contributed by atoms with van der Waals surface area (Å²) in [6.45, 7) is 6.36. The zero-order valence-electron chi connectivity index (χ0n) is 9.10. The van der Waals surface area contributed by atoms with Crippen LogP contribution in [0.25, 0.3) is 0 Å². The van der Waals surface area contributed by atoms with Gasteiger partial charge in [-0.2, -0.15) is 0 Å². The second-order valence-electron chi connectivity index (χ2n) is 4.06. The second kappa shape index (κ2) is 4.30. The highest BCUT2D eigenvalue weighted by molar-refractivity contribution is 9.09. The molecule has 0 aliphatic rings. The van der Waals surface area contributed by atoms with Crippen LogP contribution in [0.15, 0.2) is 12.1 Å². The number of pyridine rings is 1. The number of hydrogen-bond donors (Lipinski definition) is 0. The first kappa shape index (κ1) is 11.5. The molecule has 2 nitrogen and oxygen atoms in total. The first-order chi connectivity index (χ1) is 6.49. The van der Waals surface area contributed by atoms with E-state index in [-0.39, 0.29) is 5.41 Å². The van der Waals surface area contributed by atoms with Gasteiger partial charge in [-0.1, -0.05) is 29.8 Å². The van der Waals surface area contributed by atoms with E-state index < -0.39 is 0 Å². The predicted molar refractivity (Wildman–Crippen MR) is 62.3 cm³/mol. The Morgan fingerprint density at radius 2 is 2.07 bits per heavy atom. The second-order valence-corrected chi connectivity index (χ2v) is 4.62. The summed E-state index contributed by atoms with van der Waals surface area (Å²) >= 11 is 3.52. The van der Waals surface area contributed by atoms with Gasteiger partial charge < -0.3 is 4.74 Å². The summed E-state index contributed by atoms with van der Waals surface area (Å²) in [5, 5.41) is 0.923. The number of methoxy groups -OCH3 is 1. The number of rotatable bonds is 3. The highest BCUT2D eigenvalue weighted by atomic mass is 79.9. The van der Waals surface area contributed by atoms with Crippen LogP contribution in [0.1, 0.15) is 25.1 Å². The normalized spacial score (nSPS) is 11.5. The van der Waals surface area contributed by atoms with Crippen molar-refractivity contribution in [3.8, 4) is 5.88 Å². The maximum atomic E-state index is 5.15. The van der Waals surface area contributed by atoms with E-state index in [0.29, 0.717) is 5.88 Å². The molecule has 0 unspecified atom stereocenters. The zero-order chi connectivity index (χ0) is 10.8. The highest BCUT2D eigenvalue weighted by Gasteiger charge is 2.20. The molecule has 0 radical (unpaired) electrons. The van der Waals surface area contributed by atoms with Gasteiger partial charge in [-0.15, -0.1) is 0 Å². The third kappa shape index (κ3) is 2.47. The molecule has 0 saturated carbocycles. The summed E-state index contributed by atoms with van der Waals surface area (Å²) in [6.07, 6.45) is 0. The summed E-state index contributed by atoms with van der Waals surface area (Å²) in [7, 11) is 1.65. The summed E-state index contributed by atoms with van der Waals surface area (Å²) in [5.41, 5.74) is 2.35. The van der Waals surface area contributed by atoms with E-state index in [9.17, 15) is 0 Å². The maximum Gasteiger partial charge on any atom is 0.213 e. The van der Waals surface area contributed by atoms with Gasteiger partial charge >= 0.3 is 0 Å². The molecule has 0 saturated heterocycles. The van der Waals surface area contributed by atoms with Gasteiger partial charge in [0.15, 0.2) is 0 Å². The van der Waals surface area contributed by atoms with Gasteiger partial charge in [0.25, 0.3) is 0 Å². The molecule has 0 aliphatic heterocycles. The van der Waals surface area contributed by atoms with E-state index in [0.717, 1.165) is 11.0 Å². The Labute approximate surface area is 93.8 Å². The van der Waals surface area contributed by atoms with Crippen molar-refractivity contribution in [2.24, 2.45) is 0 Å².